The number of carbonyl (C=O) groups excluding carboxylic acids is 2. The van der Waals surface area contributed by atoms with Gasteiger partial charge in [-0.3, -0.25) is 4.79 Å². The van der Waals surface area contributed by atoms with Gasteiger partial charge in [0.1, 0.15) is 23.2 Å². The van der Waals surface area contributed by atoms with Crippen LogP contribution in [0.25, 0.3) is 6.08 Å². The molecule has 0 unspecified atom stereocenters. The summed E-state index contributed by atoms with van der Waals surface area (Å²) in [6, 6.07) is 2.81. The quantitative estimate of drug-likeness (QED) is 0.524. The van der Waals surface area contributed by atoms with E-state index in [-0.39, 0.29) is 36.7 Å². The molecule has 0 saturated carbocycles. The van der Waals surface area contributed by atoms with Crippen LogP contribution in [0.3, 0.4) is 0 Å². The molecule has 1 aromatic rings. The van der Waals surface area contributed by atoms with Crippen molar-refractivity contribution in [3.8, 4) is 11.5 Å². The lowest BCUT2D eigenvalue weighted by molar-refractivity contribution is -0.132. The third-order valence-corrected chi connectivity index (χ3v) is 4.38. The lowest BCUT2D eigenvalue weighted by Crippen LogP contribution is -2.33. The molecule has 0 fully saturated rings. The monoisotopic (exact) mass is 394 g/mol. The van der Waals surface area contributed by atoms with Gasteiger partial charge in [-0.25, -0.2) is 4.79 Å². The SMILES string of the molecule is COCOc1cc(O)c2c(c1)/C=C/C[C@@H](O)[C@H](O)C(=O)CCC[C@H](C)OC2=O. The lowest BCUT2D eigenvalue weighted by Gasteiger charge is -2.18. The number of phenolic OH excluding ortho intramolecular Hbond substituents is 1. The van der Waals surface area contributed by atoms with E-state index in [1.54, 1.807) is 6.92 Å². The van der Waals surface area contributed by atoms with Crippen LogP contribution in [0.4, 0.5) is 0 Å². The van der Waals surface area contributed by atoms with Gasteiger partial charge >= 0.3 is 5.97 Å². The van der Waals surface area contributed by atoms with Gasteiger partial charge in [0.05, 0.1) is 12.2 Å². The van der Waals surface area contributed by atoms with E-state index in [9.17, 15) is 24.9 Å². The number of esters is 1. The first kappa shape index (κ1) is 21.9. The second kappa shape index (κ2) is 10.2. The predicted octanol–water partition coefficient (Wildman–Crippen LogP) is 1.80. The van der Waals surface area contributed by atoms with Gasteiger partial charge in [0.25, 0.3) is 0 Å². The number of phenols is 1. The van der Waals surface area contributed by atoms with Crippen LogP contribution in [0.5, 0.6) is 11.5 Å². The Morgan fingerprint density at radius 1 is 1.25 bits per heavy atom. The molecule has 3 atom stereocenters. The van der Waals surface area contributed by atoms with E-state index in [0.717, 1.165) is 0 Å². The number of aliphatic hydroxyl groups is 2. The third-order valence-electron chi connectivity index (χ3n) is 4.38. The standard InChI is InChI=1S/C20H26O8/c1-12-5-3-7-15(21)19(24)16(22)8-4-6-13-9-14(27-11-26-2)10-17(23)18(13)20(25)28-12/h4,6,9-10,12,16,19,22-24H,3,5,7-8,11H2,1-2H3/b6-4+/t12-,16+,19+/m0/s1. The summed E-state index contributed by atoms with van der Waals surface area (Å²) in [4.78, 5) is 24.5. The number of hydrogen-bond donors (Lipinski definition) is 3. The predicted molar refractivity (Wildman–Crippen MR) is 100 cm³/mol. The molecule has 0 bridgehead atoms. The Bertz CT molecular complexity index is 727. The van der Waals surface area contributed by atoms with Crippen LogP contribution < -0.4 is 4.74 Å². The number of rotatable bonds is 3. The highest BCUT2D eigenvalue weighted by Gasteiger charge is 2.25. The van der Waals surface area contributed by atoms with Crippen molar-refractivity contribution in [2.24, 2.45) is 0 Å². The van der Waals surface area contributed by atoms with E-state index < -0.39 is 30.1 Å². The maximum absolute atomic E-state index is 12.6. The van der Waals surface area contributed by atoms with E-state index >= 15 is 0 Å². The Morgan fingerprint density at radius 3 is 2.71 bits per heavy atom. The van der Waals surface area contributed by atoms with Crippen LogP contribution in [0, 0.1) is 0 Å². The van der Waals surface area contributed by atoms with E-state index in [2.05, 4.69) is 0 Å². The molecule has 154 valence electrons. The van der Waals surface area contributed by atoms with Crippen molar-refractivity contribution < 1.29 is 39.1 Å². The maximum atomic E-state index is 12.6. The molecule has 0 aliphatic carbocycles. The van der Waals surface area contributed by atoms with E-state index in [4.69, 9.17) is 14.2 Å². The summed E-state index contributed by atoms with van der Waals surface area (Å²) < 4.78 is 15.5. The zero-order chi connectivity index (χ0) is 20.7. The first-order valence-electron chi connectivity index (χ1n) is 9.08. The molecular formula is C20H26O8. The van der Waals surface area contributed by atoms with Gasteiger partial charge in [0.2, 0.25) is 0 Å². The van der Waals surface area contributed by atoms with Crippen molar-refractivity contribution in [3.05, 3.63) is 29.3 Å². The molecule has 0 aromatic heterocycles. The average Bonchev–Trinajstić information content (AvgIpc) is 2.64. The zero-order valence-corrected chi connectivity index (χ0v) is 16.0. The van der Waals surface area contributed by atoms with Crippen LogP contribution in [-0.4, -0.2) is 59.3 Å². The van der Waals surface area contributed by atoms with Gasteiger partial charge in [-0.2, -0.15) is 0 Å². The summed E-state index contributed by atoms with van der Waals surface area (Å²) in [5.41, 5.74) is 0.282. The molecule has 1 aliphatic rings. The summed E-state index contributed by atoms with van der Waals surface area (Å²) in [6.45, 7) is 1.64. The number of aliphatic hydroxyl groups excluding tert-OH is 2. The van der Waals surface area contributed by atoms with Crippen molar-refractivity contribution in [1.29, 1.82) is 0 Å². The average molecular weight is 394 g/mol. The molecule has 2 rings (SSSR count). The molecular weight excluding hydrogens is 368 g/mol. The van der Waals surface area contributed by atoms with Gasteiger partial charge < -0.3 is 29.5 Å². The molecule has 8 heteroatoms. The van der Waals surface area contributed by atoms with Gasteiger partial charge in [0.15, 0.2) is 12.6 Å². The maximum Gasteiger partial charge on any atom is 0.342 e. The number of carbonyl (C=O) groups is 2. The fourth-order valence-electron chi connectivity index (χ4n) is 2.88. The molecule has 1 aromatic carbocycles. The Labute approximate surface area is 163 Å². The van der Waals surface area contributed by atoms with Gasteiger partial charge in [-0.1, -0.05) is 12.2 Å². The number of ether oxygens (including phenoxy) is 3. The highest BCUT2D eigenvalue weighted by Crippen LogP contribution is 2.30. The van der Waals surface area contributed by atoms with Crippen LogP contribution in [0.1, 0.15) is 48.5 Å². The number of Topliss-reactive ketones (excluding diaryl/α,β-unsaturated/α-hetero) is 1. The van der Waals surface area contributed by atoms with Gasteiger partial charge in [-0.15, -0.1) is 0 Å². The third kappa shape index (κ3) is 5.79. The molecule has 1 heterocycles. The minimum Gasteiger partial charge on any atom is -0.507 e. The van der Waals surface area contributed by atoms with Crippen molar-refractivity contribution in [2.75, 3.05) is 13.9 Å². The molecule has 3 N–H and O–H groups in total. The Balaban J connectivity index is 2.40. The number of ketones is 1. The smallest absolute Gasteiger partial charge is 0.342 e. The van der Waals surface area contributed by atoms with Crippen LogP contribution >= 0.6 is 0 Å². The fraction of sp³-hybridized carbons (Fsp3) is 0.500. The molecule has 0 spiro atoms. The number of benzene rings is 1. The fourth-order valence-corrected chi connectivity index (χ4v) is 2.88. The van der Waals surface area contributed by atoms with E-state index in [0.29, 0.717) is 18.4 Å². The molecule has 28 heavy (non-hydrogen) atoms. The second-order valence-electron chi connectivity index (χ2n) is 6.68. The van der Waals surface area contributed by atoms with Crippen LogP contribution in [0.2, 0.25) is 0 Å². The van der Waals surface area contributed by atoms with Crippen molar-refractivity contribution in [1.82, 2.24) is 0 Å². The Morgan fingerprint density at radius 2 is 2.00 bits per heavy atom. The van der Waals surface area contributed by atoms with Crippen molar-refractivity contribution in [3.63, 3.8) is 0 Å². The number of fused-ring (bicyclic) bond motifs is 1. The summed E-state index contributed by atoms with van der Waals surface area (Å²) in [5, 5.41) is 30.3. The minimum atomic E-state index is -1.48. The van der Waals surface area contributed by atoms with Gasteiger partial charge in [-0.05, 0) is 37.8 Å². The number of methoxy groups -OCH3 is 1. The molecule has 0 saturated heterocycles. The van der Waals surface area contributed by atoms with Gasteiger partial charge in [0, 0.05) is 19.6 Å². The van der Waals surface area contributed by atoms with Crippen LogP contribution in [0.15, 0.2) is 18.2 Å². The van der Waals surface area contributed by atoms with E-state index in [1.807, 2.05) is 0 Å². The zero-order valence-electron chi connectivity index (χ0n) is 16.0. The summed E-state index contributed by atoms with van der Waals surface area (Å²) in [7, 11) is 1.45. The van der Waals surface area contributed by atoms with Crippen molar-refractivity contribution >= 4 is 17.8 Å². The first-order valence-corrected chi connectivity index (χ1v) is 9.08. The highest BCUT2D eigenvalue weighted by molar-refractivity contribution is 5.97. The lowest BCUT2D eigenvalue weighted by atomic mass is 9.99. The van der Waals surface area contributed by atoms with Crippen molar-refractivity contribution in [2.45, 2.75) is 50.9 Å². The summed E-state index contributed by atoms with van der Waals surface area (Å²) in [5.74, 6) is -1.19. The minimum absolute atomic E-state index is 0.0122. The summed E-state index contributed by atoms with van der Waals surface area (Å²) in [6.07, 6.45) is 0.626. The second-order valence-corrected chi connectivity index (χ2v) is 6.68. The molecule has 0 radical (unpaired) electrons. The molecule has 8 nitrogen and oxygen atoms in total. The number of aromatic hydroxyl groups is 1. The Kier molecular flexibility index (Phi) is 7.98. The highest BCUT2D eigenvalue weighted by atomic mass is 16.7. The molecule has 1 aliphatic heterocycles. The molecule has 0 amide bonds. The number of hydrogen-bond acceptors (Lipinski definition) is 8. The largest absolute Gasteiger partial charge is 0.507 e. The summed E-state index contributed by atoms with van der Waals surface area (Å²) >= 11 is 0. The topological polar surface area (TPSA) is 123 Å². The normalized spacial score (nSPS) is 25.4. The Hall–Kier alpha value is -2.42. The van der Waals surface area contributed by atoms with Crippen LogP contribution in [-0.2, 0) is 14.3 Å². The number of cyclic esters (lactones) is 1. The van der Waals surface area contributed by atoms with E-state index in [1.165, 1.54) is 31.4 Å². The first-order chi connectivity index (χ1) is 13.3.